The van der Waals surface area contributed by atoms with Crippen molar-refractivity contribution in [2.24, 2.45) is 4.99 Å². The lowest BCUT2D eigenvalue weighted by Crippen LogP contribution is -2.56. The first kappa shape index (κ1) is 26.6. The second kappa shape index (κ2) is 13.8. The van der Waals surface area contributed by atoms with E-state index < -0.39 is 0 Å². The van der Waals surface area contributed by atoms with Crippen molar-refractivity contribution in [3.8, 4) is 0 Å². The van der Waals surface area contributed by atoms with Gasteiger partial charge in [-0.15, -0.1) is 24.0 Å². The van der Waals surface area contributed by atoms with Crippen LogP contribution in [0.3, 0.4) is 0 Å². The number of benzene rings is 1. The third-order valence-electron chi connectivity index (χ3n) is 5.03. The summed E-state index contributed by atoms with van der Waals surface area (Å²) in [5.41, 5.74) is 1.95. The molecule has 0 aromatic heterocycles. The summed E-state index contributed by atoms with van der Waals surface area (Å²) in [5.74, 6) is 0.869. The van der Waals surface area contributed by atoms with E-state index in [2.05, 4.69) is 41.6 Å². The number of anilines is 1. The van der Waals surface area contributed by atoms with Crippen LogP contribution in [0.5, 0.6) is 0 Å². The van der Waals surface area contributed by atoms with E-state index in [1.807, 2.05) is 31.2 Å². The lowest BCUT2D eigenvalue weighted by Gasteiger charge is -2.41. The van der Waals surface area contributed by atoms with Gasteiger partial charge in [-0.2, -0.15) is 0 Å². The predicted octanol–water partition coefficient (Wildman–Crippen LogP) is 3.21. The number of amides is 1. The van der Waals surface area contributed by atoms with E-state index >= 15 is 0 Å². The maximum atomic E-state index is 11.7. The van der Waals surface area contributed by atoms with Crippen LogP contribution < -0.4 is 16.0 Å². The first-order chi connectivity index (χ1) is 13.9. The van der Waals surface area contributed by atoms with Gasteiger partial charge in [-0.3, -0.25) is 9.69 Å². The van der Waals surface area contributed by atoms with E-state index in [0.717, 1.165) is 63.0 Å². The van der Waals surface area contributed by atoms with Gasteiger partial charge in [-0.05, 0) is 44.9 Å². The largest absolute Gasteiger partial charge is 0.379 e. The van der Waals surface area contributed by atoms with E-state index in [-0.39, 0.29) is 35.4 Å². The Balaban J connectivity index is 0.00000450. The molecule has 0 radical (unpaired) electrons. The van der Waals surface area contributed by atoms with Crippen molar-refractivity contribution in [2.45, 2.75) is 52.6 Å². The number of nitrogens with one attached hydrogen (secondary N) is 3. The van der Waals surface area contributed by atoms with Gasteiger partial charge in [-0.1, -0.05) is 19.1 Å². The highest BCUT2D eigenvalue weighted by molar-refractivity contribution is 14.0. The summed E-state index contributed by atoms with van der Waals surface area (Å²) in [6.07, 6.45) is 1.39. The normalized spacial score (nSPS) is 15.3. The van der Waals surface area contributed by atoms with Gasteiger partial charge in [0.25, 0.3) is 0 Å². The molecule has 0 atom stereocenters. The molecule has 2 rings (SSSR count). The van der Waals surface area contributed by atoms with Crippen LogP contribution in [0, 0.1) is 0 Å². The molecule has 1 aromatic rings. The Morgan fingerprint density at radius 1 is 1.13 bits per heavy atom. The van der Waals surface area contributed by atoms with Crippen molar-refractivity contribution in [1.82, 2.24) is 15.5 Å². The zero-order valence-electron chi connectivity index (χ0n) is 18.8. The molecule has 3 N–H and O–H groups in total. The summed E-state index contributed by atoms with van der Waals surface area (Å²) in [4.78, 5) is 18.9. The SMILES string of the molecule is CCCC(=O)Nc1ccc(CN=C(NCC)NCC(C)(C)N2CCOCC2)cc1.I. The van der Waals surface area contributed by atoms with Gasteiger partial charge in [0.05, 0.1) is 19.8 Å². The van der Waals surface area contributed by atoms with Gasteiger partial charge in [0.2, 0.25) is 5.91 Å². The van der Waals surface area contributed by atoms with Crippen LogP contribution in [0.1, 0.15) is 46.1 Å². The highest BCUT2D eigenvalue weighted by atomic mass is 127. The van der Waals surface area contributed by atoms with Crippen molar-refractivity contribution in [1.29, 1.82) is 0 Å². The molecular weight excluding hydrogens is 493 g/mol. The van der Waals surface area contributed by atoms with E-state index in [0.29, 0.717) is 13.0 Å². The Morgan fingerprint density at radius 2 is 1.80 bits per heavy atom. The maximum absolute atomic E-state index is 11.7. The van der Waals surface area contributed by atoms with E-state index in [1.165, 1.54) is 0 Å². The monoisotopic (exact) mass is 531 g/mol. The number of hydrogen-bond donors (Lipinski definition) is 3. The number of nitrogens with zero attached hydrogens (tertiary/aromatic N) is 2. The molecule has 1 aromatic carbocycles. The molecule has 1 saturated heterocycles. The van der Waals surface area contributed by atoms with Crippen molar-refractivity contribution < 1.29 is 9.53 Å². The smallest absolute Gasteiger partial charge is 0.224 e. The molecule has 7 nitrogen and oxygen atoms in total. The summed E-state index contributed by atoms with van der Waals surface area (Å²) in [6, 6.07) is 7.87. The fourth-order valence-electron chi connectivity index (χ4n) is 3.24. The average molecular weight is 531 g/mol. The zero-order chi connectivity index (χ0) is 21.1. The molecule has 170 valence electrons. The van der Waals surface area contributed by atoms with Gasteiger partial charge in [0, 0.05) is 43.8 Å². The molecule has 1 amide bonds. The molecule has 0 unspecified atom stereocenters. The third kappa shape index (κ3) is 9.18. The summed E-state index contributed by atoms with van der Waals surface area (Å²) >= 11 is 0. The molecule has 1 fully saturated rings. The van der Waals surface area contributed by atoms with E-state index in [9.17, 15) is 4.79 Å². The molecule has 1 heterocycles. The minimum Gasteiger partial charge on any atom is -0.379 e. The fraction of sp³-hybridized carbons (Fsp3) is 0.636. The van der Waals surface area contributed by atoms with Crippen LogP contribution >= 0.6 is 24.0 Å². The van der Waals surface area contributed by atoms with Crippen LogP contribution in [0.2, 0.25) is 0 Å². The Hall–Kier alpha value is -1.39. The van der Waals surface area contributed by atoms with Gasteiger partial charge in [-0.25, -0.2) is 4.99 Å². The van der Waals surface area contributed by atoms with Gasteiger partial charge >= 0.3 is 0 Å². The number of morpholine rings is 1. The standard InChI is InChI=1S/C22H37N5O2.HI/c1-5-7-20(28)26-19-10-8-18(9-11-19)16-24-21(23-6-2)25-17-22(3,4)27-12-14-29-15-13-27;/h8-11H,5-7,12-17H2,1-4H3,(H,26,28)(H2,23,24,25);1H. The molecule has 8 heteroatoms. The second-order valence-corrected chi connectivity index (χ2v) is 7.96. The average Bonchev–Trinajstić information content (AvgIpc) is 2.72. The van der Waals surface area contributed by atoms with Crippen LogP contribution in [0.4, 0.5) is 5.69 Å². The van der Waals surface area contributed by atoms with E-state index in [4.69, 9.17) is 9.73 Å². The number of aliphatic imine (C=N–C) groups is 1. The Morgan fingerprint density at radius 3 is 2.40 bits per heavy atom. The minimum atomic E-state index is 0. The molecule has 0 aliphatic carbocycles. The highest BCUT2D eigenvalue weighted by Gasteiger charge is 2.28. The number of guanidine groups is 1. The molecule has 0 saturated carbocycles. The topological polar surface area (TPSA) is 78.0 Å². The summed E-state index contributed by atoms with van der Waals surface area (Å²) in [7, 11) is 0. The van der Waals surface area contributed by atoms with Crippen molar-refractivity contribution in [3.63, 3.8) is 0 Å². The van der Waals surface area contributed by atoms with Crippen LogP contribution in [0.25, 0.3) is 0 Å². The number of rotatable bonds is 9. The maximum Gasteiger partial charge on any atom is 0.224 e. The zero-order valence-corrected chi connectivity index (χ0v) is 21.1. The lowest BCUT2D eigenvalue weighted by atomic mass is 10.0. The summed E-state index contributed by atoms with van der Waals surface area (Å²) in [6.45, 7) is 14.3. The quantitative estimate of drug-likeness (QED) is 0.259. The Kier molecular flexibility index (Phi) is 12.3. The minimum absolute atomic E-state index is 0. The van der Waals surface area contributed by atoms with Gasteiger partial charge in [0.1, 0.15) is 0 Å². The van der Waals surface area contributed by atoms with E-state index in [1.54, 1.807) is 0 Å². The van der Waals surface area contributed by atoms with Crippen molar-refractivity contribution in [3.05, 3.63) is 29.8 Å². The molecular formula is C22H38IN5O2. The van der Waals surface area contributed by atoms with Gasteiger partial charge in [0.15, 0.2) is 5.96 Å². The van der Waals surface area contributed by atoms with Gasteiger partial charge < -0.3 is 20.7 Å². The molecule has 1 aliphatic heterocycles. The van der Waals surface area contributed by atoms with Crippen LogP contribution in [-0.4, -0.2) is 61.7 Å². The first-order valence-corrected chi connectivity index (χ1v) is 10.7. The summed E-state index contributed by atoms with van der Waals surface area (Å²) in [5, 5.41) is 9.71. The fourth-order valence-corrected chi connectivity index (χ4v) is 3.24. The number of carbonyl (C=O) groups excluding carboxylic acids is 1. The number of hydrogen-bond acceptors (Lipinski definition) is 4. The first-order valence-electron chi connectivity index (χ1n) is 10.7. The number of carbonyl (C=O) groups is 1. The number of halogens is 1. The molecule has 1 aliphatic rings. The number of ether oxygens (including phenoxy) is 1. The second-order valence-electron chi connectivity index (χ2n) is 7.96. The van der Waals surface area contributed by atoms with Crippen molar-refractivity contribution in [2.75, 3.05) is 44.7 Å². The predicted molar refractivity (Wildman–Crippen MR) is 135 cm³/mol. The van der Waals surface area contributed by atoms with Crippen LogP contribution in [-0.2, 0) is 16.1 Å². The van der Waals surface area contributed by atoms with Crippen molar-refractivity contribution >= 4 is 41.5 Å². The van der Waals surface area contributed by atoms with Crippen LogP contribution in [0.15, 0.2) is 29.3 Å². The lowest BCUT2D eigenvalue weighted by molar-refractivity contribution is -0.116. The molecule has 0 spiro atoms. The molecule has 0 bridgehead atoms. The third-order valence-corrected chi connectivity index (χ3v) is 5.03. The Bertz CT molecular complexity index is 658. The molecule has 30 heavy (non-hydrogen) atoms. The Labute approximate surface area is 198 Å². The highest BCUT2D eigenvalue weighted by Crippen LogP contribution is 2.15. The summed E-state index contributed by atoms with van der Waals surface area (Å²) < 4.78 is 5.47.